The molecule has 0 aromatic carbocycles. The largest absolute Gasteiger partial charge is 0.377 e. The summed E-state index contributed by atoms with van der Waals surface area (Å²) in [6.07, 6.45) is 2.86. The number of amides is 2. The molecule has 2 fully saturated rings. The third-order valence-corrected chi connectivity index (χ3v) is 4.13. The first-order chi connectivity index (χ1) is 9.48. The fraction of sp³-hybridized carbons (Fsp3) is 0.857. The van der Waals surface area contributed by atoms with Crippen molar-refractivity contribution in [2.75, 3.05) is 26.3 Å². The molecule has 0 spiro atoms. The van der Waals surface area contributed by atoms with Gasteiger partial charge in [0, 0.05) is 13.1 Å². The summed E-state index contributed by atoms with van der Waals surface area (Å²) in [5.74, 6) is -0.0244. The second kappa shape index (κ2) is 6.10. The molecule has 20 heavy (non-hydrogen) atoms. The molecule has 0 radical (unpaired) electrons. The van der Waals surface area contributed by atoms with Gasteiger partial charge in [0.2, 0.25) is 11.8 Å². The van der Waals surface area contributed by atoms with Crippen LogP contribution in [0.4, 0.5) is 0 Å². The second-order valence-corrected chi connectivity index (χ2v) is 5.94. The Morgan fingerprint density at radius 3 is 2.75 bits per heavy atom. The Balaban J connectivity index is 2.06. The van der Waals surface area contributed by atoms with E-state index in [1.807, 2.05) is 6.92 Å². The molecule has 1 saturated carbocycles. The van der Waals surface area contributed by atoms with Crippen LogP contribution in [0.3, 0.4) is 0 Å². The highest BCUT2D eigenvalue weighted by Gasteiger charge is 2.48. The van der Waals surface area contributed by atoms with Crippen LogP contribution in [-0.4, -0.2) is 54.6 Å². The van der Waals surface area contributed by atoms with Gasteiger partial charge in [-0.25, -0.2) is 0 Å². The molecule has 1 aliphatic carbocycles. The van der Waals surface area contributed by atoms with E-state index in [2.05, 4.69) is 5.32 Å². The van der Waals surface area contributed by atoms with Crippen LogP contribution in [0, 0.1) is 5.92 Å². The van der Waals surface area contributed by atoms with Crippen LogP contribution in [0.25, 0.3) is 0 Å². The molecule has 1 aliphatic heterocycles. The summed E-state index contributed by atoms with van der Waals surface area (Å²) in [4.78, 5) is 26.4. The van der Waals surface area contributed by atoms with Gasteiger partial charge in [-0.1, -0.05) is 6.92 Å². The number of nitrogens with one attached hydrogen (secondary N) is 1. The SMILES string of the molecule is CCCNC(=O)C1COCCN1C(=O)C(C)(N)C1CC1. The lowest BCUT2D eigenvalue weighted by atomic mass is 9.94. The van der Waals surface area contributed by atoms with Gasteiger partial charge in [0.15, 0.2) is 0 Å². The van der Waals surface area contributed by atoms with E-state index in [0.717, 1.165) is 19.3 Å². The Kier molecular flexibility index (Phi) is 4.65. The Morgan fingerprint density at radius 1 is 1.45 bits per heavy atom. The van der Waals surface area contributed by atoms with Gasteiger partial charge in [-0.05, 0) is 32.1 Å². The van der Waals surface area contributed by atoms with E-state index in [1.54, 1.807) is 11.8 Å². The van der Waals surface area contributed by atoms with Gasteiger partial charge in [0.1, 0.15) is 6.04 Å². The van der Waals surface area contributed by atoms with Crippen LogP contribution >= 0.6 is 0 Å². The Labute approximate surface area is 120 Å². The number of nitrogens with two attached hydrogens (primary N) is 1. The molecule has 2 unspecified atom stereocenters. The molecule has 0 bridgehead atoms. The Bertz CT molecular complexity index is 380. The molecule has 1 heterocycles. The van der Waals surface area contributed by atoms with Crippen molar-refractivity contribution in [1.82, 2.24) is 10.2 Å². The zero-order valence-electron chi connectivity index (χ0n) is 12.4. The van der Waals surface area contributed by atoms with E-state index in [9.17, 15) is 9.59 Å². The minimum atomic E-state index is -0.860. The summed E-state index contributed by atoms with van der Waals surface area (Å²) in [5.41, 5.74) is 5.33. The third-order valence-electron chi connectivity index (χ3n) is 4.13. The van der Waals surface area contributed by atoms with Crippen LogP contribution in [0.1, 0.15) is 33.1 Å². The van der Waals surface area contributed by atoms with Gasteiger partial charge in [-0.3, -0.25) is 9.59 Å². The molecule has 114 valence electrons. The minimum absolute atomic E-state index is 0.125. The summed E-state index contributed by atoms with van der Waals surface area (Å²) in [7, 11) is 0. The van der Waals surface area contributed by atoms with Gasteiger partial charge >= 0.3 is 0 Å². The van der Waals surface area contributed by atoms with Crippen LogP contribution in [0.5, 0.6) is 0 Å². The molecule has 0 aromatic rings. The number of carbonyl (C=O) groups excluding carboxylic acids is 2. The molecule has 0 aromatic heterocycles. The fourth-order valence-corrected chi connectivity index (χ4v) is 2.60. The van der Waals surface area contributed by atoms with Crippen molar-refractivity contribution in [2.45, 2.75) is 44.7 Å². The molecular formula is C14H25N3O3. The van der Waals surface area contributed by atoms with Crippen LogP contribution < -0.4 is 11.1 Å². The fourth-order valence-electron chi connectivity index (χ4n) is 2.60. The highest BCUT2D eigenvalue weighted by atomic mass is 16.5. The van der Waals surface area contributed by atoms with E-state index in [-0.39, 0.29) is 24.3 Å². The van der Waals surface area contributed by atoms with E-state index in [1.165, 1.54) is 0 Å². The molecular weight excluding hydrogens is 258 g/mol. The summed E-state index contributed by atoms with van der Waals surface area (Å²) in [5, 5.41) is 2.83. The number of hydrogen-bond donors (Lipinski definition) is 2. The van der Waals surface area contributed by atoms with E-state index in [4.69, 9.17) is 10.5 Å². The molecule has 1 saturated heterocycles. The minimum Gasteiger partial charge on any atom is -0.377 e. The monoisotopic (exact) mass is 283 g/mol. The molecule has 2 aliphatic rings. The van der Waals surface area contributed by atoms with Crippen molar-refractivity contribution in [2.24, 2.45) is 11.7 Å². The van der Waals surface area contributed by atoms with E-state index >= 15 is 0 Å². The quantitative estimate of drug-likeness (QED) is 0.736. The number of nitrogens with zero attached hydrogens (tertiary/aromatic N) is 1. The molecule has 6 nitrogen and oxygen atoms in total. The van der Waals surface area contributed by atoms with Gasteiger partial charge in [-0.2, -0.15) is 0 Å². The van der Waals surface area contributed by atoms with Gasteiger partial charge < -0.3 is 20.7 Å². The molecule has 2 rings (SSSR count). The van der Waals surface area contributed by atoms with Crippen LogP contribution in [0.2, 0.25) is 0 Å². The Morgan fingerprint density at radius 2 is 2.15 bits per heavy atom. The summed E-state index contributed by atoms with van der Waals surface area (Å²) in [6.45, 7) is 5.53. The van der Waals surface area contributed by atoms with Crippen LogP contribution in [-0.2, 0) is 14.3 Å². The molecule has 3 N–H and O–H groups in total. The Hall–Kier alpha value is -1.14. The van der Waals surface area contributed by atoms with Gasteiger partial charge in [0.05, 0.1) is 18.8 Å². The number of hydrogen-bond acceptors (Lipinski definition) is 4. The van der Waals surface area contributed by atoms with Crippen molar-refractivity contribution >= 4 is 11.8 Å². The normalized spacial score (nSPS) is 25.9. The second-order valence-electron chi connectivity index (χ2n) is 5.94. The highest BCUT2D eigenvalue weighted by molar-refractivity contribution is 5.92. The predicted molar refractivity (Wildman–Crippen MR) is 74.9 cm³/mol. The maximum Gasteiger partial charge on any atom is 0.245 e. The predicted octanol–water partition coefficient (Wildman–Crippen LogP) is -0.133. The first kappa shape index (κ1) is 15.3. The van der Waals surface area contributed by atoms with E-state index < -0.39 is 11.6 Å². The average Bonchev–Trinajstić information content (AvgIpc) is 3.28. The van der Waals surface area contributed by atoms with Crippen molar-refractivity contribution in [3.05, 3.63) is 0 Å². The van der Waals surface area contributed by atoms with Crippen molar-refractivity contribution < 1.29 is 14.3 Å². The molecule has 2 atom stereocenters. The highest BCUT2D eigenvalue weighted by Crippen LogP contribution is 2.39. The number of rotatable bonds is 5. The average molecular weight is 283 g/mol. The summed E-state index contributed by atoms with van der Waals surface area (Å²) < 4.78 is 5.36. The zero-order valence-corrected chi connectivity index (χ0v) is 12.4. The maximum absolute atomic E-state index is 12.7. The number of morpholine rings is 1. The first-order valence-corrected chi connectivity index (χ1v) is 7.44. The standard InChI is InChI=1S/C14H25N3O3/c1-3-6-16-12(18)11-9-20-8-7-17(11)13(19)14(2,15)10-4-5-10/h10-11H,3-9,15H2,1-2H3,(H,16,18). The summed E-state index contributed by atoms with van der Waals surface area (Å²) in [6, 6.07) is -0.551. The first-order valence-electron chi connectivity index (χ1n) is 7.44. The smallest absolute Gasteiger partial charge is 0.245 e. The molecule has 2 amide bonds. The maximum atomic E-state index is 12.7. The topological polar surface area (TPSA) is 84.7 Å². The van der Waals surface area contributed by atoms with Gasteiger partial charge in [0.25, 0.3) is 0 Å². The molecule has 6 heteroatoms. The van der Waals surface area contributed by atoms with Crippen LogP contribution in [0.15, 0.2) is 0 Å². The van der Waals surface area contributed by atoms with Crippen molar-refractivity contribution in [1.29, 1.82) is 0 Å². The lowest BCUT2D eigenvalue weighted by Gasteiger charge is -2.39. The number of carbonyl (C=O) groups is 2. The lowest BCUT2D eigenvalue weighted by molar-refractivity contribution is -0.152. The van der Waals surface area contributed by atoms with Crippen molar-refractivity contribution in [3.63, 3.8) is 0 Å². The third kappa shape index (κ3) is 3.12. The van der Waals surface area contributed by atoms with E-state index in [0.29, 0.717) is 19.7 Å². The lowest BCUT2D eigenvalue weighted by Crippen LogP contribution is -2.63. The number of ether oxygens (including phenoxy) is 1. The van der Waals surface area contributed by atoms with Crippen molar-refractivity contribution in [3.8, 4) is 0 Å². The van der Waals surface area contributed by atoms with Gasteiger partial charge in [-0.15, -0.1) is 0 Å². The zero-order chi connectivity index (χ0) is 14.8. The summed E-state index contributed by atoms with van der Waals surface area (Å²) >= 11 is 0.